The average Bonchev–Trinajstić information content (AvgIpc) is 2.96. The van der Waals surface area contributed by atoms with Gasteiger partial charge in [0.25, 0.3) is 5.91 Å². The van der Waals surface area contributed by atoms with Crippen molar-refractivity contribution < 1.29 is 9.59 Å². The van der Waals surface area contributed by atoms with Gasteiger partial charge in [-0.2, -0.15) is 5.10 Å². The van der Waals surface area contributed by atoms with E-state index in [1.165, 1.54) is 11.4 Å². The first-order valence-electron chi connectivity index (χ1n) is 8.88. The van der Waals surface area contributed by atoms with Crippen LogP contribution in [0.3, 0.4) is 0 Å². The van der Waals surface area contributed by atoms with Crippen molar-refractivity contribution in [3.8, 4) is 0 Å². The highest BCUT2D eigenvalue weighted by Crippen LogP contribution is 2.35. The van der Waals surface area contributed by atoms with Crippen LogP contribution in [0.2, 0.25) is 0 Å². The van der Waals surface area contributed by atoms with Crippen LogP contribution in [0.25, 0.3) is 0 Å². The fourth-order valence-corrected chi connectivity index (χ4v) is 4.09. The van der Waals surface area contributed by atoms with Crippen molar-refractivity contribution in [2.75, 3.05) is 11.9 Å². The highest BCUT2D eigenvalue weighted by molar-refractivity contribution is 5.96. The van der Waals surface area contributed by atoms with Crippen LogP contribution in [0, 0.1) is 12.8 Å². The van der Waals surface area contributed by atoms with E-state index in [4.69, 9.17) is 0 Å². The molecule has 1 aromatic carbocycles. The van der Waals surface area contributed by atoms with Gasteiger partial charge in [0, 0.05) is 17.6 Å². The summed E-state index contributed by atoms with van der Waals surface area (Å²) in [7, 11) is 0. The zero-order valence-corrected chi connectivity index (χ0v) is 14.3. The van der Waals surface area contributed by atoms with Crippen molar-refractivity contribution in [2.45, 2.75) is 44.7 Å². The third-order valence-corrected chi connectivity index (χ3v) is 5.26. The number of hydrazine groups is 1. The highest BCUT2D eigenvalue weighted by atomic mass is 16.2. The minimum absolute atomic E-state index is 0.0645. The molecule has 7 nitrogen and oxygen atoms in total. The Morgan fingerprint density at radius 3 is 3.04 bits per heavy atom. The van der Waals surface area contributed by atoms with Gasteiger partial charge in [-0.1, -0.05) is 25.0 Å². The molecule has 2 fully saturated rings. The van der Waals surface area contributed by atoms with Crippen LogP contribution in [0.4, 0.5) is 5.69 Å². The van der Waals surface area contributed by atoms with Crippen LogP contribution < -0.4 is 10.7 Å². The molecule has 132 valence electrons. The molecule has 3 aliphatic rings. The van der Waals surface area contributed by atoms with Crippen LogP contribution in [-0.2, 0) is 9.59 Å². The number of hydrogen-bond acceptors (Lipinski definition) is 5. The molecule has 2 aliphatic heterocycles. The second-order valence-corrected chi connectivity index (χ2v) is 7.08. The van der Waals surface area contributed by atoms with Crippen molar-refractivity contribution in [1.29, 1.82) is 0 Å². The van der Waals surface area contributed by atoms with E-state index in [1.807, 2.05) is 36.2 Å². The van der Waals surface area contributed by atoms with E-state index < -0.39 is 0 Å². The van der Waals surface area contributed by atoms with Gasteiger partial charge < -0.3 is 5.32 Å². The predicted octanol–water partition coefficient (Wildman–Crippen LogP) is 1.47. The van der Waals surface area contributed by atoms with Crippen molar-refractivity contribution in [3.05, 3.63) is 29.8 Å². The van der Waals surface area contributed by atoms with E-state index in [-0.39, 0.29) is 24.4 Å². The maximum absolute atomic E-state index is 12.9. The zero-order chi connectivity index (χ0) is 17.4. The number of hydrazone groups is 1. The molecule has 0 radical (unpaired) electrons. The third kappa shape index (κ3) is 3.11. The van der Waals surface area contributed by atoms with Gasteiger partial charge in [0.1, 0.15) is 18.9 Å². The van der Waals surface area contributed by atoms with E-state index in [2.05, 4.69) is 15.8 Å². The summed E-state index contributed by atoms with van der Waals surface area (Å²) in [6.45, 7) is 1.90. The lowest BCUT2D eigenvalue weighted by Gasteiger charge is -2.32. The molecule has 3 atom stereocenters. The number of hydrogen-bond donors (Lipinski definition) is 2. The molecular formula is C18H23N5O2. The zero-order valence-electron chi connectivity index (χ0n) is 14.3. The summed E-state index contributed by atoms with van der Waals surface area (Å²) in [5, 5.41) is 10.1. The van der Waals surface area contributed by atoms with Crippen molar-refractivity contribution >= 4 is 23.8 Å². The molecule has 1 saturated carbocycles. The van der Waals surface area contributed by atoms with Crippen molar-refractivity contribution in [2.24, 2.45) is 11.0 Å². The number of amides is 2. The van der Waals surface area contributed by atoms with Crippen LogP contribution in [0.5, 0.6) is 0 Å². The van der Waals surface area contributed by atoms with Gasteiger partial charge in [-0.3, -0.25) is 14.6 Å². The Morgan fingerprint density at radius 1 is 1.36 bits per heavy atom. The quantitative estimate of drug-likeness (QED) is 0.873. The lowest BCUT2D eigenvalue weighted by Crippen LogP contribution is -2.53. The van der Waals surface area contributed by atoms with Gasteiger partial charge in [0.05, 0.1) is 0 Å². The van der Waals surface area contributed by atoms with Gasteiger partial charge in [0.15, 0.2) is 0 Å². The summed E-state index contributed by atoms with van der Waals surface area (Å²) >= 11 is 0. The summed E-state index contributed by atoms with van der Waals surface area (Å²) in [5.41, 5.74) is 5.18. The lowest BCUT2D eigenvalue weighted by atomic mass is 9.81. The number of anilines is 1. The first-order valence-corrected chi connectivity index (χ1v) is 8.88. The van der Waals surface area contributed by atoms with Crippen LogP contribution in [0.1, 0.15) is 31.2 Å². The molecule has 0 bridgehead atoms. The van der Waals surface area contributed by atoms with E-state index in [0.717, 1.165) is 30.5 Å². The summed E-state index contributed by atoms with van der Waals surface area (Å²) < 4.78 is 0. The molecule has 1 saturated heterocycles. The summed E-state index contributed by atoms with van der Waals surface area (Å²) in [6.07, 6.45) is 6.13. The number of nitrogens with one attached hydrogen (secondary N) is 2. The molecule has 1 aromatic rings. The van der Waals surface area contributed by atoms with Crippen LogP contribution in [0.15, 0.2) is 29.4 Å². The Morgan fingerprint density at radius 2 is 2.20 bits per heavy atom. The number of benzene rings is 1. The third-order valence-electron chi connectivity index (χ3n) is 5.26. The summed E-state index contributed by atoms with van der Waals surface area (Å²) in [5.74, 6) is -0.0326. The fraction of sp³-hybridized carbons (Fsp3) is 0.500. The fourth-order valence-electron chi connectivity index (χ4n) is 4.09. The largest absolute Gasteiger partial charge is 0.324 e. The Balaban J connectivity index is 1.42. The van der Waals surface area contributed by atoms with Crippen LogP contribution in [-0.4, -0.2) is 46.8 Å². The number of aryl methyl sites for hydroxylation is 1. The summed E-state index contributed by atoms with van der Waals surface area (Å²) in [6, 6.07) is 7.69. The van der Waals surface area contributed by atoms with Crippen molar-refractivity contribution in [1.82, 2.24) is 15.4 Å². The Bertz CT molecular complexity index is 719. The second-order valence-electron chi connectivity index (χ2n) is 7.08. The molecule has 2 amide bonds. The maximum Gasteiger partial charge on any atom is 0.267 e. The van der Waals surface area contributed by atoms with Crippen molar-refractivity contribution in [3.63, 3.8) is 0 Å². The standard InChI is InChI=1S/C18H23N5O2/c1-12-5-4-6-13(9-12)20-16(24)10-22-18(25)17-14-7-2-3-8-15(14)21-23(17)11-19-22/h4-6,9,11,14-15,17,21H,2-3,7-8,10H2,1H3,(H,20,24). The number of carbonyl (C=O) groups excluding carboxylic acids is 2. The molecule has 7 heteroatoms. The molecule has 4 rings (SSSR count). The van der Waals surface area contributed by atoms with Gasteiger partial charge in [0.2, 0.25) is 5.91 Å². The Labute approximate surface area is 147 Å². The second kappa shape index (κ2) is 6.48. The van der Waals surface area contributed by atoms with Crippen LogP contribution >= 0.6 is 0 Å². The molecule has 2 heterocycles. The topological polar surface area (TPSA) is 77.0 Å². The summed E-state index contributed by atoms with van der Waals surface area (Å²) in [4.78, 5) is 25.2. The van der Waals surface area contributed by atoms with Gasteiger partial charge in [-0.25, -0.2) is 10.4 Å². The molecule has 25 heavy (non-hydrogen) atoms. The van der Waals surface area contributed by atoms with Gasteiger partial charge in [-0.15, -0.1) is 0 Å². The minimum atomic E-state index is -0.241. The number of fused-ring (bicyclic) bond motifs is 3. The molecule has 1 aliphatic carbocycles. The molecule has 0 aromatic heterocycles. The average molecular weight is 341 g/mol. The number of carbonyl (C=O) groups is 2. The normalized spacial score (nSPS) is 27.9. The first kappa shape index (κ1) is 16.1. The maximum atomic E-state index is 12.9. The number of nitrogens with zero attached hydrogens (tertiary/aromatic N) is 3. The molecule has 3 unspecified atom stereocenters. The first-order chi connectivity index (χ1) is 12.1. The lowest BCUT2D eigenvalue weighted by molar-refractivity contribution is -0.140. The predicted molar refractivity (Wildman–Crippen MR) is 94.5 cm³/mol. The van der Waals surface area contributed by atoms with E-state index in [1.54, 1.807) is 6.34 Å². The Kier molecular flexibility index (Phi) is 4.17. The van der Waals surface area contributed by atoms with Gasteiger partial charge >= 0.3 is 0 Å². The monoisotopic (exact) mass is 341 g/mol. The van der Waals surface area contributed by atoms with E-state index in [9.17, 15) is 9.59 Å². The van der Waals surface area contributed by atoms with E-state index in [0.29, 0.717) is 12.0 Å². The highest BCUT2D eigenvalue weighted by Gasteiger charge is 2.48. The molecular weight excluding hydrogens is 318 g/mol. The smallest absolute Gasteiger partial charge is 0.267 e. The van der Waals surface area contributed by atoms with E-state index >= 15 is 0 Å². The number of rotatable bonds is 3. The molecule has 0 spiro atoms. The minimum Gasteiger partial charge on any atom is -0.324 e. The van der Waals surface area contributed by atoms with Gasteiger partial charge in [-0.05, 0) is 37.5 Å². The Hall–Kier alpha value is -2.41. The molecule has 2 N–H and O–H groups in total. The SMILES string of the molecule is Cc1cccc(NC(=O)CN2N=CN3NC4CCCCC4C3C2=O)c1.